The van der Waals surface area contributed by atoms with Gasteiger partial charge in [0, 0.05) is 6.42 Å². The van der Waals surface area contributed by atoms with E-state index in [9.17, 15) is 29.1 Å². The second-order valence-electron chi connectivity index (χ2n) is 9.08. The summed E-state index contributed by atoms with van der Waals surface area (Å²) in [6.45, 7) is 3.97. The van der Waals surface area contributed by atoms with Crippen molar-refractivity contribution in [2.24, 2.45) is 23.1 Å². The Bertz CT molecular complexity index is 912. The van der Waals surface area contributed by atoms with Gasteiger partial charge in [0.25, 0.3) is 0 Å². The first kappa shape index (κ1) is 31.5. The molecule has 1 rings (SSSR count). The minimum absolute atomic E-state index is 0.0471. The quantitative estimate of drug-likeness (QED) is 0.128. The normalized spacial score (nSPS) is 14.9. The summed E-state index contributed by atoms with van der Waals surface area (Å²) in [5.74, 6) is -4.61. The molecule has 0 saturated carbocycles. The highest BCUT2D eigenvalue weighted by Gasteiger charge is 2.33. The molecule has 37 heavy (non-hydrogen) atoms. The highest BCUT2D eigenvalue weighted by molar-refractivity contribution is 5.96. The summed E-state index contributed by atoms with van der Waals surface area (Å²) in [6.07, 6.45) is 1.65. The monoisotopic (exact) mass is 520 g/mol. The van der Waals surface area contributed by atoms with Gasteiger partial charge in [0.05, 0.1) is 12.5 Å². The van der Waals surface area contributed by atoms with E-state index in [4.69, 9.17) is 17.2 Å². The van der Waals surface area contributed by atoms with E-state index in [1.807, 2.05) is 0 Å². The Kier molecular flexibility index (Phi) is 13.9. The van der Waals surface area contributed by atoms with Crippen LogP contribution in [-0.4, -0.2) is 65.4 Å². The van der Waals surface area contributed by atoms with Crippen LogP contribution in [0.2, 0.25) is 0 Å². The van der Waals surface area contributed by atoms with Crippen LogP contribution in [0.25, 0.3) is 0 Å². The number of hydrogen-bond acceptors (Lipinski definition) is 7. The highest BCUT2D eigenvalue weighted by atomic mass is 16.4. The van der Waals surface area contributed by atoms with Crippen LogP contribution in [0.1, 0.15) is 51.5 Å². The van der Waals surface area contributed by atoms with Gasteiger partial charge in [-0.15, -0.1) is 0 Å². The van der Waals surface area contributed by atoms with E-state index < -0.39 is 66.1 Å². The lowest BCUT2D eigenvalue weighted by atomic mass is 9.96. The minimum atomic E-state index is -1.36. The van der Waals surface area contributed by atoms with Crippen LogP contribution in [0.4, 0.5) is 0 Å². The molecule has 0 heterocycles. The van der Waals surface area contributed by atoms with Crippen LogP contribution in [0.15, 0.2) is 30.3 Å². The molecule has 4 amide bonds. The van der Waals surface area contributed by atoms with Gasteiger partial charge in [-0.05, 0) is 30.9 Å². The molecule has 12 heteroatoms. The zero-order valence-corrected chi connectivity index (χ0v) is 21.4. The van der Waals surface area contributed by atoms with Gasteiger partial charge in [-0.2, -0.15) is 0 Å². The summed E-state index contributed by atoms with van der Waals surface area (Å²) in [5, 5.41) is 17.1. The third kappa shape index (κ3) is 11.4. The van der Waals surface area contributed by atoms with Crippen LogP contribution in [-0.2, 0) is 30.4 Å². The number of rotatable bonds is 17. The summed E-state index contributed by atoms with van der Waals surface area (Å²) in [7, 11) is 0. The molecule has 0 bridgehead atoms. The van der Waals surface area contributed by atoms with Crippen molar-refractivity contribution in [3.63, 3.8) is 0 Å². The van der Waals surface area contributed by atoms with E-state index in [1.54, 1.807) is 44.2 Å². The third-order valence-corrected chi connectivity index (χ3v) is 6.03. The predicted molar refractivity (Wildman–Crippen MR) is 138 cm³/mol. The summed E-state index contributed by atoms with van der Waals surface area (Å²) >= 11 is 0. The molecule has 1 aromatic carbocycles. The molecule has 0 spiro atoms. The van der Waals surface area contributed by atoms with Crippen LogP contribution >= 0.6 is 0 Å². The largest absolute Gasteiger partial charge is 0.480 e. The number of unbranched alkanes of at least 4 members (excludes halogenated alkanes) is 1. The van der Waals surface area contributed by atoms with Crippen molar-refractivity contribution in [3.8, 4) is 0 Å². The molecule has 0 aliphatic rings. The van der Waals surface area contributed by atoms with E-state index in [1.165, 1.54) is 0 Å². The molecule has 0 aliphatic heterocycles. The average Bonchev–Trinajstić information content (AvgIpc) is 2.85. The second kappa shape index (κ2) is 16.3. The molecule has 5 atom stereocenters. The number of benzene rings is 1. The molecule has 0 fully saturated rings. The van der Waals surface area contributed by atoms with Gasteiger partial charge in [-0.25, -0.2) is 4.79 Å². The van der Waals surface area contributed by atoms with E-state index in [2.05, 4.69) is 16.0 Å². The Morgan fingerprint density at radius 3 is 2.08 bits per heavy atom. The fourth-order valence-corrected chi connectivity index (χ4v) is 3.60. The van der Waals surface area contributed by atoms with Crippen LogP contribution in [0.3, 0.4) is 0 Å². The van der Waals surface area contributed by atoms with Crippen molar-refractivity contribution in [3.05, 3.63) is 35.9 Å². The molecule has 10 N–H and O–H groups in total. The standard InChI is InChI=1S/C25H40N6O6/c1-3-15(2)21(24(35)30-19(25(36)37)13-16-9-5-4-6-10-16)31-23(34)18(14-20(28)32)29-22(33)17(27)11-7-8-12-26/h4-6,9-10,15,17-19,21H,3,7-8,11-14,26-27H2,1-2H3,(H2,28,32)(H,29,33)(H,30,35)(H,31,34)(H,36,37). The van der Waals surface area contributed by atoms with Crippen molar-refractivity contribution < 1.29 is 29.1 Å². The number of carboxylic acid groups (broad SMARTS) is 1. The number of carboxylic acids is 1. The van der Waals surface area contributed by atoms with Crippen molar-refractivity contribution in [1.82, 2.24) is 16.0 Å². The van der Waals surface area contributed by atoms with Crippen LogP contribution in [0.5, 0.6) is 0 Å². The zero-order valence-electron chi connectivity index (χ0n) is 21.4. The van der Waals surface area contributed by atoms with Gasteiger partial charge in [0.1, 0.15) is 18.1 Å². The molecule has 0 radical (unpaired) electrons. The Balaban J connectivity index is 2.99. The van der Waals surface area contributed by atoms with Crippen LogP contribution < -0.4 is 33.2 Å². The lowest BCUT2D eigenvalue weighted by molar-refractivity contribution is -0.142. The molecule has 0 aliphatic carbocycles. The number of nitrogens with two attached hydrogens (primary N) is 3. The summed E-state index contributed by atoms with van der Waals surface area (Å²) in [6, 6.07) is 4.17. The first-order valence-electron chi connectivity index (χ1n) is 12.4. The Morgan fingerprint density at radius 2 is 1.54 bits per heavy atom. The van der Waals surface area contributed by atoms with Gasteiger partial charge in [0.2, 0.25) is 23.6 Å². The molecule has 0 aromatic heterocycles. The maximum atomic E-state index is 13.1. The molecular formula is C25H40N6O6. The van der Waals surface area contributed by atoms with Gasteiger partial charge in [-0.3, -0.25) is 19.2 Å². The molecule has 5 unspecified atom stereocenters. The summed E-state index contributed by atoms with van der Waals surface area (Å²) < 4.78 is 0. The fourth-order valence-electron chi connectivity index (χ4n) is 3.60. The number of carbonyl (C=O) groups excluding carboxylic acids is 4. The Hall–Kier alpha value is -3.51. The first-order chi connectivity index (χ1) is 17.5. The van der Waals surface area contributed by atoms with Crippen molar-refractivity contribution in [2.45, 2.75) is 76.5 Å². The Morgan fingerprint density at radius 1 is 0.919 bits per heavy atom. The smallest absolute Gasteiger partial charge is 0.326 e. The number of amides is 4. The molecular weight excluding hydrogens is 480 g/mol. The summed E-state index contributed by atoms with van der Waals surface area (Å²) in [5.41, 5.74) is 17.3. The van der Waals surface area contributed by atoms with Crippen LogP contribution in [0, 0.1) is 5.92 Å². The number of hydrogen-bond donors (Lipinski definition) is 7. The second-order valence-corrected chi connectivity index (χ2v) is 9.08. The van der Waals surface area contributed by atoms with E-state index >= 15 is 0 Å². The molecule has 1 aromatic rings. The number of primary amides is 1. The Labute approximate surface area is 217 Å². The fraction of sp³-hybridized carbons (Fsp3) is 0.560. The molecule has 206 valence electrons. The van der Waals surface area contributed by atoms with Gasteiger partial charge in [0.15, 0.2) is 0 Å². The SMILES string of the molecule is CCC(C)C(NC(=O)C(CC(N)=O)NC(=O)C(N)CCCCN)C(=O)NC(Cc1ccccc1)C(=O)O. The zero-order chi connectivity index (χ0) is 28.0. The number of aliphatic carboxylic acids is 1. The van der Waals surface area contributed by atoms with E-state index in [0.717, 1.165) is 0 Å². The van der Waals surface area contributed by atoms with E-state index in [-0.39, 0.29) is 6.42 Å². The highest BCUT2D eigenvalue weighted by Crippen LogP contribution is 2.11. The molecule has 12 nitrogen and oxygen atoms in total. The van der Waals surface area contributed by atoms with Crippen molar-refractivity contribution >= 4 is 29.6 Å². The van der Waals surface area contributed by atoms with Crippen molar-refractivity contribution in [2.75, 3.05) is 6.54 Å². The van der Waals surface area contributed by atoms with Gasteiger partial charge < -0.3 is 38.3 Å². The number of nitrogens with one attached hydrogen (secondary N) is 3. The predicted octanol–water partition coefficient (Wildman–Crippen LogP) is -0.854. The van der Waals surface area contributed by atoms with Gasteiger partial charge in [-0.1, -0.05) is 57.0 Å². The van der Waals surface area contributed by atoms with Gasteiger partial charge >= 0.3 is 5.97 Å². The maximum Gasteiger partial charge on any atom is 0.326 e. The van der Waals surface area contributed by atoms with Crippen molar-refractivity contribution in [1.29, 1.82) is 0 Å². The molecule has 0 saturated heterocycles. The topological polar surface area (TPSA) is 220 Å². The average molecular weight is 521 g/mol. The van der Waals surface area contributed by atoms with E-state index in [0.29, 0.717) is 37.8 Å². The lowest BCUT2D eigenvalue weighted by Crippen LogP contribution is -2.59. The first-order valence-corrected chi connectivity index (χ1v) is 12.4. The summed E-state index contributed by atoms with van der Waals surface area (Å²) in [4.78, 5) is 62.1. The number of carbonyl (C=O) groups is 5. The lowest BCUT2D eigenvalue weighted by Gasteiger charge is -2.28. The maximum absolute atomic E-state index is 13.1. The third-order valence-electron chi connectivity index (χ3n) is 6.03. The minimum Gasteiger partial charge on any atom is -0.480 e.